The number of benzene rings is 1. The number of hydrogen-bond donors (Lipinski definition) is 2. The molecular weight excluding hydrogens is 330 g/mol. The molecule has 1 aliphatic rings. The fourth-order valence-electron chi connectivity index (χ4n) is 2.82. The molecular formula is C16H23N3O4S. The molecule has 1 aliphatic heterocycles. The van der Waals surface area contributed by atoms with E-state index in [0.29, 0.717) is 25.8 Å². The van der Waals surface area contributed by atoms with Crippen LogP contribution in [-0.4, -0.2) is 49.9 Å². The minimum Gasteiger partial charge on any atom is -0.368 e. The molecule has 0 bridgehead atoms. The van der Waals surface area contributed by atoms with Crippen LogP contribution in [-0.2, 0) is 26.0 Å². The van der Waals surface area contributed by atoms with Gasteiger partial charge in [-0.2, -0.15) is 0 Å². The van der Waals surface area contributed by atoms with E-state index in [-0.39, 0.29) is 12.5 Å². The molecule has 0 aliphatic carbocycles. The van der Waals surface area contributed by atoms with Crippen LogP contribution < -0.4 is 11.1 Å². The number of rotatable bonds is 6. The van der Waals surface area contributed by atoms with Crippen molar-refractivity contribution in [2.45, 2.75) is 25.3 Å². The number of piperidine rings is 1. The number of amides is 2. The van der Waals surface area contributed by atoms with Gasteiger partial charge in [-0.05, 0) is 18.4 Å². The lowest BCUT2D eigenvalue weighted by atomic mass is 9.97. The van der Waals surface area contributed by atoms with E-state index < -0.39 is 27.9 Å². The van der Waals surface area contributed by atoms with Gasteiger partial charge in [0.05, 0.1) is 12.2 Å². The van der Waals surface area contributed by atoms with E-state index in [4.69, 9.17) is 5.73 Å². The second-order valence-corrected chi connectivity index (χ2v) is 8.10. The summed E-state index contributed by atoms with van der Waals surface area (Å²) in [6.07, 6.45) is 2.65. The van der Waals surface area contributed by atoms with Crippen LogP contribution in [0.2, 0.25) is 0 Å². The maximum absolute atomic E-state index is 12.4. The van der Waals surface area contributed by atoms with Crippen molar-refractivity contribution in [3.05, 3.63) is 35.9 Å². The van der Waals surface area contributed by atoms with Gasteiger partial charge in [-0.15, -0.1) is 0 Å². The van der Waals surface area contributed by atoms with Crippen LogP contribution in [0.15, 0.2) is 30.3 Å². The number of carbonyl (C=O) groups is 2. The SMILES string of the molecule is CS(=O)(=O)N1CCCC(C(=O)NC(Cc2ccccc2)C(N)=O)C1. The first kappa shape index (κ1) is 18.4. The van der Waals surface area contributed by atoms with Gasteiger partial charge in [0.2, 0.25) is 21.8 Å². The van der Waals surface area contributed by atoms with Gasteiger partial charge in [0, 0.05) is 19.5 Å². The quantitative estimate of drug-likeness (QED) is 0.742. The smallest absolute Gasteiger partial charge is 0.240 e. The summed E-state index contributed by atoms with van der Waals surface area (Å²) >= 11 is 0. The van der Waals surface area contributed by atoms with Gasteiger partial charge in [-0.25, -0.2) is 12.7 Å². The molecule has 132 valence electrons. The van der Waals surface area contributed by atoms with Crippen LogP contribution in [0.3, 0.4) is 0 Å². The molecule has 1 fully saturated rings. The highest BCUT2D eigenvalue weighted by atomic mass is 32.2. The molecule has 0 saturated carbocycles. The predicted molar refractivity (Wildman–Crippen MR) is 90.4 cm³/mol. The fourth-order valence-corrected chi connectivity index (χ4v) is 3.73. The number of hydrogen-bond acceptors (Lipinski definition) is 4. The molecule has 0 radical (unpaired) electrons. The van der Waals surface area contributed by atoms with Gasteiger partial charge in [0.15, 0.2) is 0 Å². The normalized spacial score (nSPS) is 20.3. The molecule has 1 aromatic rings. The molecule has 2 rings (SSSR count). The molecule has 7 nitrogen and oxygen atoms in total. The third kappa shape index (κ3) is 5.04. The number of sulfonamides is 1. The first-order valence-electron chi connectivity index (χ1n) is 7.86. The van der Waals surface area contributed by atoms with Crippen molar-refractivity contribution in [3.63, 3.8) is 0 Å². The van der Waals surface area contributed by atoms with Crippen LogP contribution in [0, 0.1) is 5.92 Å². The average molecular weight is 353 g/mol. The lowest BCUT2D eigenvalue weighted by Crippen LogP contribution is -2.51. The zero-order valence-electron chi connectivity index (χ0n) is 13.6. The molecule has 2 unspecified atom stereocenters. The lowest BCUT2D eigenvalue weighted by molar-refractivity contribution is -0.130. The van der Waals surface area contributed by atoms with Crippen LogP contribution in [0.25, 0.3) is 0 Å². The van der Waals surface area contributed by atoms with Crippen molar-refractivity contribution < 1.29 is 18.0 Å². The Morgan fingerprint density at radius 2 is 2.00 bits per heavy atom. The topological polar surface area (TPSA) is 110 Å². The number of nitrogens with one attached hydrogen (secondary N) is 1. The number of nitrogens with two attached hydrogens (primary N) is 1. The molecule has 24 heavy (non-hydrogen) atoms. The molecule has 1 saturated heterocycles. The summed E-state index contributed by atoms with van der Waals surface area (Å²) in [4.78, 5) is 24.1. The Balaban J connectivity index is 2.01. The van der Waals surface area contributed by atoms with E-state index in [0.717, 1.165) is 11.8 Å². The summed E-state index contributed by atoms with van der Waals surface area (Å²) in [6.45, 7) is 0.563. The number of nitrogens with zero attached hydrogens (tertiary/aromatic N) is 1. The Labute approximate surface area is 142 Å². The predicted octanol–water partition coefficient (Wildman–Crippen LogP) is -0.129. The van der Waals surface area contributed by atoms with Crippen molar-refractivity contribution in [3.8, 4) is 0 Å². The Morgan fingerprint density at radius 1 is 1.33 bits per heavy atom. The van der Waals surface area contributed by atoms with Gasteiger partial charge >= 0.3 is 0 Å². The minimum absolute atomic E-state index is 0.140. The zero-order valence-corrected chi connectivity index (χ0v) is 14.5. The molecule has 2 amide bonds. The average Bonchev–Trinajstić information content (AvgIpc) is 2.54. The maximum Gasteiger partial charge on any atom is 0.240 e. The van der Waals surface area contributed by atoms with Crippen molar-refractivity contribution in [2.75, 3.05) is 19.3 Å². The highest BCUT2D eigenvalue weighted by Gasteiger charge is 2.31. The highest BCUT2D eigenvalue weighted by Crippen LogP contribution is 2.19. The van der Waals surface area contributed by atoms with Crippen molar-refractivity contribution in [1.29, 1.82) is 0 Å². The molecule has 3 N–H and O–H groups in total. The van der Waals surface area contributed by atoms with Crippen LogP contribution in [0.1, 0.15) is 18.4 Å². The molecule has 1 heterocycles. The van der Waals surface area contributed by atoms with Crippen molar-refractivity contribution in [2.24, 2.45) is 11.7 Å². The van der Waals surface area contributed by atoms with E-state index in [1.165, 1.54) is 4.31 Å². The Kier molecular flexibility index (Phi) is 5.95. The summed E-state index contributed by atoms with van der Waals surface area (Å²) in [5.74, 6) is -1.41. The van der Waals surface area contributed by atoms with E-state index in [9.17, 15) is 18.0 Å². The second-order valence-electron chi connectivity index (χ2n) is 6.11. The Bertz CT molecular complexity index is 691. The number of primary amides is 1. The van der Waals surface area contributed by atoms with Crippen LogP contribution >= 0.6 is 0 Å². The monoisotopic (exact) mass is 353 g/mol. The van der Waals surface area contributed by atoms with E-state index in [2.05, 4.69) is 5.32 Å². The largest absolute Gasteiger partial charge is 0.368 e. The van der Waals surface area contributed by atoms with Gasteiger partial charge in [-0.1, -0.05) is 30.3 Å². The molecule has 0 aromatic heterocycles. The fraction of sp³-hybridized carbons (Fsp3) is 0.500. The summed E-state index contributed by atoms with van der Waals surface area (Å²) in [7, 11) is -3.32. The van der Waals surface area contributed by atoms with Gasteiger partial charge in [-0.3, -0.25) is 9.59 Å². The van der Waals surface area contributed by atoms with E-state index in [1.807, 2.05) is 30.3 Å². The summed E-state index contributed by atoms with van der Waals surface area (Å²) in [6, 6.07) is 8.46. The zero-order chi connectivity index (χ0) is 17.7. The minimum atomic E-state index is -3.32. The third-order valence-corrected chi connectivity index (χ3v) is 5.44. The van der Waals surface area contributed by atoms with Crippen LogP contribution in [0.4, 0.5) is 0 Å². The van der Waals surface area contributed by atoms with Crippen molar-refractivity contribution in [1.82, 2.24) is 9.62 Å². The summed E-state index contributed by atoms with van der Waals surface area (Å²) in [5, 5.41) is 2.67. The second kappa shape index (κ2) is 7.76. The van der Waals surface area contributed by atoms with Gasteiger partial charge < -0.3 is 11.1 Å². The summed E-state index contributed by atoms with van der Waals surface area (Å²) in [5.41, 5.74) is 6.29. The number of carbonyl (C=O) groups excluding carboxylic acids is 2. The molecule has 0 spiro atoms. The van der Waals surface area contributed by atoms with E-state index >= 15 is 0 Å². The summed E-state index contributed by atoms with van der Waals surface area (Å²) < 4.78 is 24.6. The Hall–Kier alpha value is -1.93. The first-order valence-corrected chi connectivity index (χ1v) is 9.71. The van der Waals surface area contributed by atoms with Crippen molar-refractivity contribution >= 4 is 21.8 Å². The Morgan fingerprint density at radius 3 is 2.58 bits per heavy atom. The third-order valence-electron chi connectivity index (χ3n) is 4.17. The molecule has 1 aromatic carbocycles. The lowest BCUT2D eigenvalue weighted by Gasteiger charge is -2.31. The van der Waals surface area contributed by atoms with Crippen LogP contribution in [0.5, 0.6) is 0 Å². The standard InChI is InChI=1S/C16H23N3O4S/c1-24(22,23)19-9-5-8-13(11-19)16(21)18-14(15(17)20)10-12-6-3-2-4-7-12/h2-4,6-7,13-14H,5,8-11H2,1H3,(H2,17,20)(H,18,21). The molecule has 2 atom stereocenters. The maximum atomic E-state index is 12.4. The molecule has 8 heteroatoms. The van der Waals surface area contributed by atoms with Gasteiger partial charge in [0.25, 0.3) is 0 Å². The van der Waals surface area contributed by atoms with E-state index in [1.54, 1.807) is 0 Å². The van der Waals surface area contributed by atoms with Gasteiger partial charge in [0.1, 0.15) is 6.04 Å². The first-order chi connectivity index (χ1) is 11.3. The highest BCUT2D eigenvalue weighted by molar-refractivity contribution is 7.88.